The molecule has 2 rings (SSSR count). The highest BCUT2D eigenvalue weighted by Gasteiger charge is 2.29. The van der Waals surface area contributed by atoms with Crippen LogP contribution in [0.25, 0.3) is 0 Å². The van der Waals surface area contributed by atoms with Crippen molar-refractivity contribution in [3.05, 3.63) is 35.9 Å². The summed E-state index contributed by atoms with van der Waals surface area (Å²) >= 11 is 0. The monoisotopic (exact) mass is 262 g/mol. The molecule has 0 aromatic heterocycles. The van der Waals surface area contributed by atoms with Crippen molar-refractivity contribution >= 4 is 12.0 Å². The van der Waals surface area contributed by atoms with Gasteiger partial charge in [0.2, 0.25) is 0 Å². The smallest absolute Gasteiger partial charge is 0.330 e. The number of urea groups is 1. The van der Waals surface area contributed by atoms with Gasteiger partial charge in [-0.1, -0.05) is 30.3 Å². The Balaban J connectivity index is 2.09. The third-order valence-electron chi connectivity index (χ3n) is 3.46. The van der Waals surface area contributed by atoms with Gasteiger partial charge in [-0.05, 0) is 25.3 Å². The van der Waals surface area contributed by atoms with Crippen LogP contribution in [-0.4, -0.2) is 34.6 Å². The molecule has 1 aliphatic heterocycles. The molecule has 1 fully saturated rings. The number of hydrogen-bond acceptors (Lipinski definition) is 2. The molecule has 2 N–H and O–H groups in total. The second-order valence-electron chi connectivity index (χ2n) is 4.82. The fourth-order valence-corrected chi connectivity index (χ4v) is 2.37. The van der Waals surface area contributed by atoms with E-state index >= 15 is 0 Å². The SMILES string of the molecule is CC1CCCN1C(=O)N[C@@H](C(=O)O)c1ccccc1. The summed E-state index contributed by atoms with van der Waals surface area (Å²) in [5, 5.41) is 11.8. The van der Waals surface area contributed by atoms with Crippen LogP contribution >= 0.6 is 0 Å². The summed E-state index contributed by atoms with van der Waals surface area (Å²) in [5.74, 6) is -1.05. The largest absolute Gasteiger partial charge is 0.479 e. The minimum atomic E-state index is -1.05. The molecule has 1 saturated heterocycles. The van der Waals surface area contributed by atoms with E-state index in [2.05, 4.69) is 5.32 Å². The van der Waals surface area contributed by atoms with E-state index in [0.717, 1.165) is 12.8 Å². The molecule has 1 aromatic rings. The minimum Gasteiger partial charge on any atom is -0.479 e. The third-order valence-corrected chi connectivity index (χ3v) is 3.46. The summed E-state index contributed by atoms with van der Waals surface area (Å²) in [6, 6.07) is 7.60. The molecule has 0 aliphatic carbocycles. The highest BCUT2D eigenvalue weighted by atomic mass is 16.4. The molecule has 0 saturated carbocycles. The number of carbonyl (C=O) groups excluding carboxylic acids is 1. The van der Waals surface area contributed by atoms with Crippen molar-refractivity contribution in [2.45, 2.75) is 31.8 Å². The van der Waals surface area contributed by atoms with Gasteiger partial charge >= 0.3 is 12.0 Å². The predicted octanol–water partition coefficient (Wildman–Crippen LogP) is 2.01. The Morgan fingerprint density at radius 3 is 2.58 bits per heavy atom. The lowest BCUT2D eigenvalue weighted by Crippen LogP contribution is -2.45. The van der Waals surface area contributed by atoms with Crippen molar-refractivity contribution in [1.82, 2.24) is 10.2 Å². The molecule has 1 heterocycles. The number of carboxylic acids is 1. The zero-order chi connectivity index (χ0) is 13.8. The van der Waals surface area contributed by atoms with Gasteiger partial charge in [-0.2, -0.15) is 0 Å². The Kier molecular flexibility index (Phi) is 4.04. The Bertz CT molecular complexity index is 461. The van der Waals surface area contributed by atoms with E-state index in [1.165, 1.54) is 0 Å². The zero-order valence-corrected chi connectivity index (χ0v) is 10.9. The van der Waals surface area contributed by atoms with Crippen molar-refractivity contribution < 1.29 is 14.7 Å². The van der Waals surface area contributed by atoms with Gasteiger partial charge in [0.25, 0.3) is 0 Å². The van der Waals surface area contributed by atoms with E-state index < -0.39 is 12.0 Å². The van der Waals surface area contributed by atoms with Gasteiger partial charge in [-0.25, -0.2) is 9.59 Å². The van der Waals surface area contributed by atoms with Gasteiger partial charge in [0, 0.05) is 12.6 Å². The second-order valence-corrected chi connectivity index (χ2v) is 4.82. The molecule has 5 nitrogen and oxygen atoms in total. The summed E-state index contributed by atoms with van der Waals surface area (Å²) in [6.07, 6.45) is 1.94. The van der Waals surface area contributed by atoms with Crippen LogP contribution in [0.15, 0.2) is 30.3 Å². The number of carboxylic acid groups (broad SMARTS) is 1. The average molecular weight is 262 g/mol. The van der Waals surface area contributed by atoms with E-state index in [1.54, 1.807) is 29.2 Å². The van der Waals surface area contributed by atoms with Gasteiger partial charge in [0.15, 0.2) is 6.04 Å². The first-order valence-corrected chi connectivity index (χ1v) is 6.44. The zero-order valence-electron chi connectivity index (χ0n) is 10.9. The Morgan fingerprint density at radius 1 is 1.37 bits per heavy atom. The summed E-state index contributed by atoms with van der Waals surface area (Å²) in [7, 11) is 0. The summed E-state index contributed by atoms with van der Waals surface area (Å²) < 4.78 is 0. The lowest BCUT2D eigenvalue weighted by atomic mass is 10.1. The van der Waals surface area contributed by atoms with E-state index in [4.69, 9.17) is 0 Å². The maximum atomic E-state index is 12.1. The van der Waals surface area contributed by atoms with E-state index in [9.17, 15) is 14.7 Å². The van der Waals surface area contributed by atoms with Crippen LogP contribution in [0.5, 0.6) is 0 Å². The molecule has 5 heteroatoms. The number of likely N-dealkylation sites (tertiary alicyclic amines) is 1. The van der Waals surface area contributed by atoms with Crippen molar-refractivity contribution in [2.24, 2.45) is 0 Å². The van der Waals surface area contributed by atoms with Gasteiger partial charge in [-0.15, -0.1) is 0 Å². The first-order valence-electron chi connectivity index (χ1n) is 6.44. The van der Waals surface area contributed by atoms with Gasteiger partial charge in [0.1, 0.15) is 0 Å². The number of nitrogens with one attached hydrogen (secondary N) is 1. The van der Waals surface area contributed by atoms with Crippen LogP contribution in [0.1, 0.15) is 31.4 Å². The maximum absolute atomic E-state index is 12.1. The van der Waals surface area contributed by atoms with Crippen molar-refractivity contribution in [3.63, 3.8) is 0 Å². The standard InChI is InChI=1S/C14H18N2O3/c1-10-6-5-9-16(10)14(19)15-12(13(17)18)11-7-3-2-4-8-11/h2-4,7-8,10,12H,5-6,9H2,1H3,(H,15,19)(H,17,18)/t10?,12-/m1/s1. The molecule has 0 bridgehead atoms. The molecule has 2 atom stereocenters. The topological polar surface area (TPSA) is 69.6 Å². The Hall–Kier alpha value is -2.04. The second kappa shape index (κ2) is 5.73. The van der Waals surface area contributed by atoms with Gasteiger partial charge in [-0.3, -0.25) is 0 Å². The van der Waals surface area contributed by atoms with E-state index in [1.807, 2.05) is 13.0 Å². The Labute approximate surface area is 112 Å². The van der Waals surface area contributed by atoms with Crippen LogP contribution in [0.2, 0.25) is 0 Å². The fraction of sp³-hybridized carbons (Fsp3) is 0.429. The van der Waals surface area contributed by atoms with Crippen molar-refractivity contribution in [2.75, 3.05) is 6.54 Å². The highest BCUT2D eigenvalue weighted by Crippen LogP contribution is 2.18. The highest BCUT2D eigenvalue weighted by molar-refractivity contribution is 5.84. The number of rotatable bonds is 3. The van der Waals surface area contributed by atoms with Crippen LogP contribution in [-0.2, 0) is 4.79 Å². The van der Waals surface area contributed by atoms with Crippen LogP contribution in [0.3, 0.4) is 0 Å². The maximum Gasteiger partial charge on any atom is 0.330 e. The number of hydrogen-bond donors (Lipinski definition) is 2. The van der Waals surface area contributed by atoms with Crippen LogP contribution in [0.4, 0.5) is 4.79 Å². The number of carbonyl (C=O) groups is 2. The normalized spacial score (nSPS) is 20.1. The summed E-state index contributed by atoms with van der Waals surface area (Å²) in [4.78, 5) is 25.1. The lowest BCUT2D eigenvalue weighted by Gasteiger charge is -2.24. The molecule has 1 aliphatic rings. The lowest BCUT2D eigenvalue weighted by molar-refractivity contribution is -0.139. The summed E-state index contributed by atoms with van der Waals surface area (Å²) in [6.45, 7) is 2.67. The first-order chi connectivity index (χ1) is 9.09. The van der Waals surface area contributed by atoms with Gasteiger partial charge < -0.3 is 15.3 Å². The average Bonchev–Trinajstić information content (AvgIpc) is 2.82. The number of benzene rings is 1. The van der Waals surface area contributed by atoms with Crippen LogP contribution < -0.4 is 5.32 Å². The molecule has 1 aromatic carbocycles. The van der Waals surface area contributed by atoms with E-state index in [-0.39, 0.29) is 12.1 Å². The quantitative estimate of drug-likeness (QED) is 0.875. The molecule has 0 spiro atoms. The molecule has 19 heavy (non-hydrogen) atoms. The molecule has 1 unspecified atom stereocenters. The minimum absolute atomic E-state index is 0.171. The summed E-state index contributed by atoms with van der Waals surface area (Å²) in [5.41, 5.74) is 0.579. The Morgan fingerprint density at radius 2 is 2.05 bits per heavy atom. The first kappa shape index (κ1) is 13.4. The van der Waals surface area contributed by atoms with Gasteiger partial charge in [0.05, 0.1) is 0 Å². The molecule has 2 amide bonds. The predicted molar refractivity (Wildman–Crippen MR) is 70.8 cm³/mol. The van der Waals surface area contributed by atoms with Crippen molar-refractivity contribution in [3.8, 4) is 0 Å². The number of nitrogens with zero attached hydrogens (tertiary/aromatic N) is 1. The van der Waals surface area contributed by atoms with Crippen LogP contribution in [0, 0.1) is 0 Å². The molecular weight excluding hydrogens is 244 g/mol. The van der Waals surface area contributed by atoms with E-state index in [0.29, 0.717) is 12.1 Å². The fourth-order valence-electron chi connectivity index (χ4n) is 2.37. The van der Waals surface area contributed by atoms with Crippen molar-refractivity contribution in [1.29, 1.82) is 0 Å². The molecular formula is C14H18N2O3. The number of amides is 2. The molecule has 0 radical (unpaired) electrons. The third kappa shape index (κ3) is 3.05. The molecule has 102 valence electrons. The number of aliphatic carboxylic acids is 1.